The number of rotatable bonds is 5. The topological polar surface area (TPSA) is 91.4 Å². The highest BCUT2D eigenvalue weighted by Gasteiger charge is 2.17. The minimum Gasteiger partial charge on any atom is -0.444 e. The first kappa shape index (κ1) is 18.1. The largest absolute Gasteiger partial charge is 0.444 e. The molecule has 3 N–H and O–H groups in total. The first-order valence-electron chi connectivity index (χ1n) is 7.92. The number of benzene rings is 1. The minimum atomic E-state index is -0.447. The van der Waals surface area contributed by atoms with Crippen LogP contribution in [0.4, 0.5) is 10.5 Å². The number of nitrogen functional groups attached to an aromatic ring is 1. The number of amides is 1. The number of alkyl carbamates (subject to hydrolysis) is 1. The van der Waals surface area contributed by atoms with Gasteiger partial charge in [0.05, 0.1) is 18.7 Å². The Morgan fingerprint density at radius 3 is 2.79 bits per heavy atom. The Morgan fingerprint density at radius 2 is 2.12 bits per heavy atom. The number of carbonyl (C=O) groups excluding carboxylic acids is 1. The first-order valence-corrected chi connectivity index (χ1v) is 7.92. The molecule has 0 spiro atoms. The zero-order valence-corrected chi connectivity index (χ0v) is 14.9. The number of ether oxygens (including phenoxy) is 2. The fraction of sp³-hybridized carbons (Fsp3) is 0.529. The van der Waals surface area contributed by atoms with E-state index in [0.717, 1.165) is 16.5 Å². The average molecular weight is 334 g/mol. The molecule has 0 fully saturated rings. The number of fused-ring (bicyclic) bond motifs is 1. The second-order valence-corrected chi connectivity index (χ2v) is 7.03. The van der Waals surface area contributed by atoms with Crippen molar-refractivity contribution in [3.63, 3.8) is 0 Å². The molecule has 0 aliphatic carbocycles. The zero-order chi connectivity index (χ0) is 17.9. The molecular weight excluding hydrogens is 308 g/mol. The molecule has 1 aromatic heterocycles. The number of anilines is 1. The molecule has 0 saturated heterocycles. The number of nitrogens with one attached hydrogen (secondary N) is 1. The maximum absolute atomic E-state index is 11.7. The summed E-state index contributed by atoms with van der Waals surface area (Å²) in [7, 11) is 1.86. The molecule has 1 atom stereocenters. The van der Waals surface area contributed by atoms with Gasteiger partial charge in [-0.05, 0) is 45.4 Å². The smallest absolute Gasteiger partial charge is 0.407 e. The molecule has 1 aromatic carbocycles. The Kier molecular flexibility index (Phi) is 5.33. The van der Waals surface area contributed by atoms with Crippen LogP contribution in [0.5, 0.6) is 0 Å². The molecule has 1 heterocycles. The van der Waals surface area contributed by atoms with Crippen molar-refractivity contribution in [2.75, 3.05) is 12.3 Å². The molecule has 0 saturated carbocycles. The number of hydrogen-bond acceptors (Lipinski definition) is 5. The summed E-state index contributed by atoms with van der Waals surface area (Å²) >= 11 is 0. The van der Waals surface area contributed by atoms with Gasteiger partial charge in [-0.3, -0.25) is 4.68 Å². The predicted molar refractivity (Wildman–Crippen MR) is 93.6 cm³/mol. The van der Waals surface area contributed by atoms with E-state index in [4.69, 9.17) is 15.2 Å². The Balaban J connectivity index is 1.84. The molecular formula is C17H26N4O3. The summed E-state index contributed by atoms with van der Waals surface area (Å²) in [6.07, 6.45) is 1.10. The minimum absolute atomic E-state index is 0.303. The van der Waals surface area contributed by atoms with Gasteiger partial charge in [-0.15, -0.1) is 0 Å². The zero-order valence-electron chi connectivity index (χ0n) is 14.9. The number of nitrogens with zero attached hydrogens (tertiary/aromatic N) is 2. The van der Waals surface area contributed by atoms with Crippen LogP contribution in [0.3, 0.4) is 0 Å². The number of hydrogen-bond donors (Lipinski definition) is 2. The number of nitrogens with two attached hydrogens (primary N) is 1. The van der Waals surface area contributed by atoms with Gasteiger partial charge in [-0.1, -0.05) is 0 Å². The van der Waals surface area contributed by atoms with Crippen molar-refractivity contribution in [2.45, 2.75) is 45.9 Å². The van der Waals surface area contributed by atoms with E-state index in [0.29, 0.717) is 18.9 Å². The lowest BCUT2D eigenvalue weighted by Crippen LogP contribution is -2.42. The summed E-state index contributed by atoms with van der Waals surface area (Å²) < 4.78 is 12.6. The van der Waals surface area contributed by atoms with E-state index < -0.39 is 6.09 Å². The third-order valence-corrected chi connectivity index (χ3v) is 3.24. The summed E-state index contributed by atoms with van der Waals surface area (Å²) in [6.45, 7) is 8.16. The van der Waals surface area contributed by atoms with Crippen LogP contribution in [-0.4, -0.2) is 34.1 Å². The predicted octanol–water partition coefficient (Wildman–Crippen LogP) is 2.59. The van der Waals surface area contributed by atoms with Crippen molar-refractivity contribution in [3.05, 3.63) is 23.9 Å². The average Bonchev–Trinajstić information content (AvgIpc) is 2.77. The summed E-state index contributed by atoms with van der Waals surface area (Å²) in [5.41, 5.74) is 8.16. The van der Waals surface area contributed by atoms with E-state index >= 15 is 0 Å². The lowest BCUT2D eigenvalue weighted by Gasteiger charge is -2.22. The molecule has 0 aliphatic rings. The molecule has 2 rings (SSSR count). The van der Waals surface area contributed by atoms with Crippen molar-refractivity contribution in [1.82, 2.24) is 15.1 Å². The fourth-order valence-electron chi connectivity index (χ4n) is 2.31. The van der Waals surface area contributed by atoms with Gasteiger partial charge in [0, 0.05) is 29.9 Å². The number of carbonyl (C=O) groups is 1. The van der Waals surface area contributed by atoms with Gasteiger partial charge in [-0.25, -0.2) is 4.79 Å². The van der Waals surface area contributed by atoms with Crippen molar-refractivity contribution >= 4 is 22.7 Å². The van der Waals surface area contributed by atoms with Crippen molar-refractivity contribution in [1.29, 1.82) is 0 Å². The number of aryl methyl sites for hydroxylation is 1. The molecule has 132 valence electrons. The van der Waals surface area contributed by atoms with Crippen LogP contribution in [0.15, 0.2) is 18.3 Å². The van der Waals surface area contributed by atoms with Crippen molar-refractivity contribution in [3.8, 4) is 0 Å². The van der Waals surface area contributed by atoms with Gasteiger partial charge >= 0.3 is 6.09 Å². The monoisotopic (exact) mass is 334 g/mol. The van der Waals surface area contributed by atoms with E-state index in [1.807, 2.05) is 46.1 Å². The van der Waals surface area contributed by atoms with Crippen LogP contribution in [0.25, 0.3) is 10.9 Å². The van der Waals surface area contributed by atoms with Crippen molar-refractivity contribution in [2.24, 2.45) is 7.05 Å². The van der Waals surface area contributed by atoms with Crippen molar-refractivity contribution < 1.29 is 14.3 Å². The highest BCUT2D eigenvalue weighted by molar-refractivity contribution is 5.90. The highest BCUT2D eigenvalue weighted by Crippen LogP contribution is 2.22. The molecule has 24 heavy (non-hydrogen) atoms. The number of aromatic nitrogens is 2. The Bertz CT molecular complexity index is 718. The van der Waals surface area contributed by atoms with E-state index in [2.05, 4.69) is 10.4 Å². The quantitative estimate of drug-likeness (QED) is 0.820. The molecule has 7 nitrogen and oxygen atoms in total. The van der Waals surface area contributed by atoms with Gasteiger partial charge < -0.3 is 20.5 Å². The standard InChI is InChI=1S/C17H26N4O3/c1-11(24-16(22)19-17(2,3)4)9-23-10-12-6-14(18)13-8-21(5)20-15(13)7-12/h6-8,11H,9-10,18H2,1-5H3,(H,19,22)/t11-/m1/s1. The van der Waals surface area contributed by atoms with Gasteiger partial charge in [-0.2, -0.15) is 5.10 Å². The van der Waals surface area contributed by atoms with Crippen LogP contribution >= 0.6 is 0 Å². The Labute approximate surface area is 142 Å². The SMILES string of the molecule is C[C@H](COCc1cc(N)c2cn(C)nc2c1)OC(=O)NC(C)(C)C. The molecule has 0 bridgehead atoms. The fourth-order valence-corrected chi connectivity index (χ4v) is 2.31. The van der Waals surface area contributed by atoms with E-state index in [1.165, 1.54) is 0 Å². The Morgan fingerprint density at radius 1 is 1.42 bits per heavy atom. The maximum atomic E-state index is 11.7. The van der Waals surface area contributed by atoms with Gasteiger partial charge in [0.2, 0.25) is 0 Å². The normalized spacial score (nSPS) is 13.0. The molecule has 0 unspecified atom stereocenters. The van der Waals surface area contributed by atoms with E-state index in [1.54, 1.807) is 11.6 Å². The molecule has 2 aromatic rings. The molecule has 1 amide bonds. The van der Waals surface area contributed by atoms with Gasteiger partial charge in [0.15, 0.2) is 0 Å². The maximum Gasteiger partial charge on any atom is 0.407 e. The second-order valence-electron chi connectivity index (χ2n) is 7.03. The summed E-state index contributed by atoms with van der Waals surface area (Å²) in [5, 5.41) is 8.03. The second kappa shape index (κ2) is 7.09. The first-order chi connectivity index (χ1) is 11.1. The van der Waals surface area contributed by atoms with Gasteiger partial charge in [0.1, 0.15) is 6.10 Å². The third kappa shape index (κ3) is 5.13. The molecule has 7 heteroatoms. The summed E-state index contributed by atoms with van der Waals surface area (Å²) in [6, 6.07) is 3.82. The lowest BCUT2D eigenvalue weighted by molar-refractivity contribution is 0.0198. The van der Waals surface area contributed by atoms with Gasteiger partial charge in [0.25, 0.3) is 0 Å². The van der Waals surface area contributed by atoms with E-state index in [9.17, 15) is 4.79 Å². The van der Waals surface area contributed by atoms with Crippen LogP contribution in [0.1, 0.15) is 33.3 Å². The third-order valence-electron chi connectivity index (χ3n) is 3.24. The Hall–Kier alpha value is -2.28. The van der Waals surface area contributed by atoms with Crippen LogP contribution in [0.2, 0.25) is 0 Å². The molecule has 0 radical (unpaired) electrons. The van der Waals surface area contributed by atoms with E-state index in [-0.39, 0.29) is 11.6 Å². The summed E-state index contributed by atoms with van der Waals surface area (Å²) in [4.78, 5) is 11.7. The highest BCUT2D eigenvalue weighted by atomic mass is 16.6. The molecule has 0 aliphatic heterocycles. The van der Waals surface area contributed by atoms with Crippen LogP contribution in [-0.2, 0) is 23.1 Å². The van der Waals surface area contributed by atoms with Crippen LogP contribution < -0.4 is 11.1 Å². The summed E-state index contributed by atoms with van der Waals surface area (Å²) in [5.74, 6) is 0. The van der Waals surface area contributed by atoms with Crippen LogP contribution in [0, 0.1) is 0 Å². The lowest BCUT2D eigenvalue weighted by atomic mass is 10.1.